The Hall–Kier alpha value is -3.37. The summed E-state index contributed by atoms with van der Waals surface area (Å²) in [5, 5.41) is 4.63. The van der Waals surface area contributed by atoms with Gasteiger partial charge in [-0.05, 0) is 60.7 Å². The van der Waals surface area contributed by atoms with Crippen molar-refractivity contribution in [2.24, 2.45) is 11.7 Å². The Morgan fingerprint density at radius 1 is 0.970 bits per heavy atom. The Morgan fingerprint density at radius 2 is 1.67 bits per heavy atom. The molecule has 1 fully saturated rings. The maximum absolute atomic E-state index is 12.8. The van der Waals surface area contributed by atoms with Gasteiger partial charge in [0.25, 0.3) is 15.9 Å². The predicted molar refractivity (Wildman–Crippen MR) is 130 cm³/mol. The second-order valence-corrected chi connectivity index (χ2v) is 10.6. The third-order valence-corrected chi connectivity index (χ3v) is 8.33. The lowest BCUT2D eigenvalue weighted by molar-refractivity contribution is -0.122. The van der Waals surface area contributed by atoms with Crippen molar-refractivity contribution in [1.29, 1.82) is 0 Å². The molecule has 0 spiro atoms. The minimum Gasteiger partial charge on any atom is -0.370 e. The van der Waals surface area contributed by atoms with Gasteiger partial charge in [-0.3, -0.25) is 14.3 Å². The first kappa shape index (κ1) is 22.8. The standard InChI is InChI=1S/C23H24N4O4S2/c24-22(28)16-11-13-27(14-12-16)20-5-2-1-4-19(20)25-23(29)17-7-9-18(10-8-17)26-33(30,31)21-6-3-15-32-21/h1-10,15-16,26H,11-14H2,(H2,24,28)(H,25,29). The fourth-order valence-corrected chi connectivity index (χ4v) is 5.82. The molecular weight excluding hydrogens is 460 g/mol. The van der Waals surface area contributed by atoms with E-state index >= 15 is 0 Å². The molecule has 2 heterocycles. The quantitative estimate of drug-likeness (QED) is 0.474. The first-order chi connectivity index (χ1) is 15.8. The number of benzene rings is 2. The minimum absolute atomic E-state index is 0.112. The van der Waals surface area contributed by atoms with Crippen LogP contribution in [0.5, 0.6) is 0 Å². The Kier molecular flexibility index (Phi) is 6.66. The molecule has 0 unspecified atom stereocenters. The van der Waals surface area contributed by atoms with E-state index in [0.717, 1.165) is 17.0 Å². The van der Waals surface area contributed by atoms with Crippen LogP contribution < -0.4 is 20.7 Å². The van der Waals surface area contributed by atoms with Crippen molar-refractivity contribution in [3.63, 3.8) is 0 Å². The Labute approximate surface area is 196 Å². The van der Waals surface area contributed by atoms with Crippen LogP contribution in [-0.4, -0.2) is 33.3 Å². The van der Waals surface area contributed by atoms with Gasteiger partial charge in [0.1, 0.15) is 4.21 Å². The lowest BCUT2D eigenvalue weighted by Gasteiger charge is -2.33. The molecule has 8 nitrogen and oxygen atoms in total. The van der Waals surface area contributed by atoms with Crippen molar-refractivity contribution < 1.29 is 18.0 Å². The normalized spacial score (nSPS) is 14.6. The number of para-hydroxylation sites is 2. The number of nitrogens with zero attached hydrogens (tertiary/aromatic N) is 1. The van der Waals surface area contributed by atoms with Gasteiger partial charge < -0.3 is 16.0 Å². The molecule has 0 aliphatic carbocycles. The topological polar surface area (TPSA) is 122 Å². The smallest absolute Gasteiger partial charge is 0.271 e. The van der Waals surface area contributed by atoms with Gasteiger partial charge >= 0.3 is 0 Å². The zero-order valence-corrected chi connectivity index (χ0v) is 19.4. The number of anilines is 3. The highest BCUT2D eigenvalue weighted by molar-refractivity contribution is 7.94. The number of nitrogens with one attached hydrogen (secondary N) is 2. The van der Waals surface area contributed by atoms with Crippen LogP contribution in [0.1, 0.15) is 23.2 Å². The summed E-state index contributed by atoms with van der Waals surface area (Å²) in [6.07, 6.45) is 1.36. The molecule has 1 aliphatic rings. The van der Waals surface area contributed by atoms with E-state index in [-0.39, 0.29) is 21.9 Å². The Morgan fingerprint density at radius 3 is 2.30 bits per heavy atom. The van der Waals surface area contributed by atoms with Gasteiger partial charge in [-0.25, -0.2) is 8.42 Å². The molecule has 172 valence electrons. The number of thiophene rings is 1. The van der Waals surface area contributed by atoms with E-state index in [4.69, 9.17) is 5.73 Å². The molecular formula is C23H24N4O4S2. The molecule has 3 aromatic rings. The number of carbonyl (C=O) groups is 2. The van der Waals surface area contributed by atoms with Gasteiger partial charge in [-0.15, -0.1) is 11.3 Å². The van der Waals surface area contributed by atoms with Crippen molar-refractivity contribution in [3.05, 3.63) is 71.6 Å². The molecule has 0 bridgehead atoms. The molecule has 33 heavy (non-hydrogen) atoms. The first-order valence-corrected chi connectivity index (χ1v) is 12.8. The van der Waals surface area contributed by atoms with Crippen LogP contribution in [0.4, 0.5) is 17.1 Å². The van der Waals surface area contributed by atoms with Crippen LogP contribution >= 0.6 is 11.3 Å². The highest BCUT2D eigenvalue weighted by atomic mass is 32.2. The molecule has 2 amide bonds. The average Bonchev–Trinajstić information content (AvgIpc) is 3.36. The van der Waals surface area contributed by atoms with E-state index in [9.17, 15) is 18.0 Å². The average molecular weight is 485 g/mol. The lowest BCUT2D eigenvalue weighted by Crippen LogP contribution is -2.38. The minimum atomic E-state index is -3.65. The molecule has 0 saturated carbocycles. The number of nitrogens with two attached hydrogens (primary N) is 1. The SMILES string of the molecule is NC(=O)C1CCN(c2ccccc2NC(=O)c2ccc(NS(=O)(=O)c3cccs3)cc2)CC1. The monoisotopic (exact) mass is 484 g/mol. The van der Waals surface area contributed by atoms with Crippen LogP contribution in [0.25, 0.3) is 0 Å². The molecule has 2 aromatic carbocycles. The van der Waals surface area contributed by atoms with E-state index < -0.39 is 10.0 Å². The number of sulfonamides is 1. The van der Waals surface area contributed by atoms with Crippen LogP contribution in [0.2, 0.25) is 0 Å². The largest absolute Gasteiger partial charge is 0.370 e. The molecule has 4 N–H and O–H groups in total. The van der Waals surface area contributed by atoms with Crippen molar-refractivity contribution in [2.45, 2.75) is 17.1 Å². The van der Waals surface area contributed by atoms with E-state index in [0.29, 0.717) is 42.9 Å². The molecule has 4 rings (SSSR count). The van der Waals surface area contributed by atoms with E-state index in [1.165, 1.54) is 6.07 Å². The zero-order valence-electron chi connectivity index (χ0n) is 17.7. The van der Waals surface area contributed by atoms with Crippen molar-refractivity contribution >= 4 is 50.2 Å². The van der Waals surface area contributed by atoms with Gasteiger partial charge in [0.15, 0.2) is 0 Å². The number of primary amides is 1. The summed E-state index contributed by atoms with van der Waals surface area (Å²) in [6.45, 7) is 1.36. The van der Waals surface area contributed by atoms with Gasteiger partial charge in [0.05, 0.1) is 11.4 Å². The van der Waals surface area contributed by atoms with Gasteiger partial charge in [-0.1, -0.05) is 18.2 Å². The van der Waals surface area contributed by atoms with Crippen LogP contribution in [0, 0.1) is 5.92 Å². The molecule has 10 heteroatoms. The molecule has 0 atom stereocenters. The zero-order chi connectivity index (χ0) is 23.4. The summed E-state index contributed by atoms with van der Waals surface area (Å²) in [5.74, 6) is -0.682. The van der Waals surface area contributed by atoms with E-state index in [1.54, 1.807) is 35.7 Å². The fourth-order valence-electron chi connectivity index (χ4n) is 3.77. The number of hydrogen-bond acceptors (Lipinski definition) is 6. The first-order valence-electron chi connectivity index (χ1n) is 10.4. The number of carbonyl (C=O) groups excluding carboxylic acids is 2. The summed E-state index contributed by atoms with van der Waals surface area (Å²) in [6, 6.07) is 17.0. The van der Waals surface area contributed by atoms with Crippen LogP contribution in [0.15, 0.2) is 70.3 Å². The van der Waals surface area contributed by atoms with E-state index in [1.807, 2.05) is 24.3 Å². The van der Waals surface area contributed by atoms with Crippen molar-refractivity contribution in [2.75, 3.05) is 28.0 Å². The summed E-state index contributed by atoms with van der Waals surface area (Å²) < 4.78 is 27.4. The Bertz CT molecular complexity index is 1230. The molecule has 1 saturated heterocycles. The Balaban J connectivity index is 1.43. The highest BCUT2D eigenvalue weighted by Crippen LogP contribution is 2.30. The summed E-state index contributed by atoms with van der Waals surface area (Å²) in [7, 11) is -3.65. The number of piperidine rings is 1. The van der Waals surface area contributed by atoms with E-state index in [2.05, 4.69) is 14.9 Å². The third kappa shape index (κ3) is 5.35. The summed E-state index contributed by atoms with van der Waals surface area (Å²) in [4.78, 5) is 26.4. The predicted octanol–water partition coefficient (Wildman–Crippen LogP) is 3.50. The third-order valence-electron chi connectivity index (χ3n) is 5.55. The van der Waals surface area contributed by atoms with Crippen LogP contribution in [-0.2, 0) is 14.8 Å². The number of amides is 2. The summed E-state index contributed by atoms with van der Waals surface area (Å²) in [5.41, 5.74) is 7.75. The second-order valence-electron chi connectivity index (χ2n) is 7.75. The highest BCUT2D eigenvalue weighted by Gasteiger charge is 2.24. The van der Waals surface area contributed by atoms with Gasteiger partial charge in [0.2, 0.25) is 5.91 Å². The number of rotatable bonds is 7. The fraction of sp³-hybridized carbons (Fsp3) is 0.217. The van der Waals surface area contributed by atoms with Crippen molar-refractivity contribution in [3.8, 4) is 0 Å². The summed E-state index contributed by atoms with van der Waals surface area (Å²) >= 11 is 1.13. The van der Waals surface area contributed by atoms with Crippen molar-refractivity contribution in [1.82, 2.24) is 0 Å². The molecule has 1 aromatic heterocycles. The number of hydrogen-bond donors (Lipinski definition) is 3. The molecule has 1 aliphatic heterocycles. The van der Waals surface area contributed by atoms with Gasteiger partial charge in [-0.2, -0.15) is 0 Å². The lowest BCUT2D eigenvalue weighted by atomic mass is 9.96. The van der Waals surface area contributed by atoms with Crippen LogP contribution in [0.3, 0.4) is 0 Å². The molecule has 0 radical (unpaired) electrons. The maximum atomic E-state index is 12.8. The van der Waals surface area contributed by atoms with Gasteiger partial charge in [0, 0.05) is 30.3 Å². The maximum Gasteiger partial charge on any atom is 0.271 e. The second kappa shape index (κ2) is 9.63.